The van der Waals surface area contributed by atoms with Gasteiger partial charge in [-0.3, -0.25) is 0 Å². The summed E-state index contributed by atoms with van der Waals surface area (Å²) in [6.45, 7) is 0. The Balaban J connectivity index is 2.11. The highest BCUT2D eigenvalue weighted by atomic mass is 32.2. The average Bonchev–Trinajstić information content (AvgIpc) is 2.84. The smallest absolute Gasteiger partial charge is 0.156 e. The fourth-order valence-electron chi connectivity index (χ4n) is 1.45. The highest BCUT2D eigenvalue weighted by molar-refractivity contribution is 7.80. The minimum atomic E-state index is -1.64. The third-order valence-electron chi connectivity index (χ3n) is 2.22. The van der Waals surface area contributed by atoms with E-state index in [2.05, 4.69) is 0 Å². The van der Waals surface area contributed by atoms with Crippen molar-refractivity contribution in [3.05, 3.63) is 35.9 Å². The van der Waals surface area contributed by atoms with Crippen LogP contribution in [0.5, 0.6) is 0 Å². The molecule has 1 fully saturated rings. The van der Waals surface area contributed by atoms with Gasteiger partial charge in [-0.2, -0.15) is 0 Å². The molecule has 1 aliphatic carbocycles. The first-order valence-electron chi connectivity index (χ1n) is 3.93. The Morgan fingerprint density at radius 1 is 1.33 bits per heavy atom. The van der Waals surface area contributed by atoms with E-state index in [1.807, 2.05) is 30.3 Å². The van der Waals surface area contributed by atoms with Crippen molar-refractivity contribution in [1.82, 2.24) is 0 Å². The van der Waals surface area contributed by atoms with Crippen molar-refractivity contribution in [2.24, 2.45) is 0 Å². The highest BCUT2D eigenvalue weighted by Crippen LogP contribution is 2.43. The topological polar surface area (TPSA) is 37.3 Å². The molecule has 1 saturated carbocycles. The number of benzene rings is 1. The molecule has 0 radical (unpaired) electrons. The molecule has 0 aromatic heterocycles. The van der Waals surface area contributed by atoms with E-state index >= 15 is 0 Å². The van der Waals surface area contributed by atoms with Gasteiger partial charge in [-0.1, -0.05) is 30.3 Å². The number of hydrogen-bond acceptors (Lipinski definition) is 1. The van der Waals surface area contributed by atoms with Crippen LogP contribution in [0.3, 0.4) is 0 Å². The molecule has 3 heteroatoms. The second-order valence-corrected chi connectivity index (χ2v) is 4.23. The molecule has 0 amide bonds. The SMILES string of the molecule is O=S(O)[C@@H]1C[C@H]1c1ccccc1. The standard InChI is InChI=1S/C9H10O2S/c10-12(11)9-6-8(9)7-4-2-1-3-5-7/h1-5,8-9H,6H2,(H,10,11)/t8-,9+/m0/s1. The summed E-state index contributed by atoms with van der Waals surface area (Å²) in [6, 6.07) is 9.90. The van der Waals surface area contributed by atoms with Crippen molar-refractivity contribution in [1.29, 1.82) is 0 Å². The number of hydrogen-bond donors (Lipinski definition) is 1. The maximum atomic E-state index is 10.7. The van der Waals surface area contributed by atoms with Gasteiger partial charge in [-0.25, -0.2) is 4.21 Å². The van der Waals surface area contributed by atoms with Gasteiger partial charge in [-0.15, -0.1) is 0 Å². The van der Waals surface area contributed by atoms with Gasteiger partial charge < -0.3 is 4.55 Å². The summed E-state index contributed by atoms with van der Waals surface area (Å²) in [5.74, 6) is 0.317. The van der Waals surface area contributed by atoms with Crippen LogP contribution < -0.4 is 0 Å². The zero-order chi connectivity index (χ0) is 8.55. The summed E-state index contributed by atoms with van der Waals surface area (Å²) in [4.78, 5) is 0. The molecule has 1 N–H and O–H groups in total. The quantitative estimate of drug-likeness (QED) is 0.708. The lowest BCUT2D eigenvalue weighted by atomic mass is 10.1. The van der Waals surface area contributed by atoms with Crippen LogP contribution in [-0.4, -0.2) is 14.0 Å². The summed E-state index contributed by atoms with van der Waals surface area (Å²) in [5, 5.41) is -0.0209. The van der Waals surface area contributed by atoms with Crippen molar-refractivity contribution in [3.63, 3.8) is 0 Å². The fraction of sp³-hybridized carbons (Fsp3) is 0.333. The molecule has 1 aromatic carbocycles. The lowest BCUT2D eigenvalue weighted by Gasteiger charge is -1.95. The summed E-state index contributed by atoms with van der Waals surface area (Å²) in [6.07, 6.45) is 0.854. The zero-order valence-corrected chi connectivity index (χ0v) is 7.33. The Bertz CT molecular complexity index is 297. The van der Waals surface area contributed by atoms with Crippen LogP contribution in [-0.2, 0) is 11.1 Å². The predicted molar refractivity (Wildman–Crippen MR) is 48.4 cm³/mol. The van der Waals surface area contributed by atoms with Crippen molar-refractivity contribution in [3.8, 4) is 0 Å². The van der Waals surface area contributed by atoms with Gasteiger partial charge in [-0.05, 0) is 12.0 Å². The molecule has 12 heavy (non-hydrogen) atoms. The lowest BCUT2D eigenvalue weighted by Crippen LogP contribution is -1.96. The fourth-order valence-corrected chi connectivity index (χ4v) is 2.26. The van der Waals surface area contributed by atoms with E-state index in [4.69, 9.17) is 4.55 Å². The van der Waals surface area contributed by atoms with Gasteiger partial charge in [0, 0.05) is 5.92 Å². The lowest BCUT2D eigenvalue weighted by molar-refractivity contribution is 0.562. The Morgan fingerprint density at radius 3 is 2.50 bits per heavy atom. The molecule has 0 aliphatic heterocycles. The Hall–Kier alpha value is -0.670. The van der Waals surface area contributed by atoms with E-state index in [0.29, 0.717) is 5.92 Å². The van der Waals surface area contributed by atoms with Crippen LogP contribution in [0.15, 0.2) is 30.3 Å². The molecule has 0 bridgehead atoms. The van der Waals surface area contributed by atoms with Crippen molar-refractivity contribution in [2.75, 3.05) is 0 Å². The summed E-state index contributed by atoms with van der Waals surface area (Å²) >= 11 is -1.64. The zero-order valence-electron chi connectivity index (χ0n) is 6.51. The molecule has 64 valence electrons. The summed E-state index contributed by atoms with van der Waals surface area (Å²) < 4.78 is 19.5. The molecule has 0 saturated heterocycles. The van der Waals surface area contributed by atoms with Crippen molar-refractivity contribution < 1.29 is 8.76 Å². The molecule has 2 rings (SSSR count). The maximum Gasteiger partial charge on any atom is 0.156 e. The van der Waals surface area contributed by atoms with Gasteiger partial charge in [0.1, 0.15) is 0 Å². The first-order valence-corrected chi connectivity index (χ1v) is 5.10. The Kier molecular flexibility index (Phi) is 1.98. The summed E-state index contributed by atoms with van der Waals surface area (Å²) in [7, 11) is 0. The first-order chi connectivity index (χ1) is 5.79. The van der Waals surface area contributed by atoms with Gasteiger partial charge in [0.05, 0.1) is 5.25 Å². The van der Waals surface area contributed by atoms with Gasteiger partial charge in [0.15, 0.2) is 11.1 Å². The van der Waals surface area contributed by atoms with Crippen LogP contribution in [0, 0.1) is 0 Å². The van der Waals surface area contributed by atoms with E-state index < -0.39 is 11.1 Å². The molecular formula is C9H10O2S. The van der Waals surface area contributed by atoms with Crippen LogP contribution in [0.1, 0.15) is 17.9 Å². The van der Waals surface area contributed by atoms with Crippen LogP contribution >= 0.6 is 0 Å². The third-order valence-corrected chi connectivity index (χ3v) is 3.26. The molecule has 0 heterocycles. The Labute approximate surface area is 73.9 Å². The van der Waals surface area contributed by atoms with E-state index in [1.54, 1.807) is 0 Å². The average molecular weight is 182 g/mol. The summed E-state index contributed by atoms with van der Waals surface area (Å²) in [5.41, 5.74) is 1.19. The van der Waals surface area contributed by atoms with E-state index in [-0.39, 0.29) is 5.25 Å². The second kappa shape index (κ2) is 2.99. The van der Waals surface area contributed by atoms with Crippen molar-refractivity contribution >= 4 is 11.1 Å². The monoisotopic (exact) mass is 182 g/mol. The number of rotatable bonds is 2. The van der Waals surface area contributed by atoms with E-state index in [0.717, 1.165) is 6.42 Å². The molecular weight excluding hydrogens is 172 g/mol. The van der Waals surface area contributed by atoms with Crippen molar-refractivity contribution in [2.45, 2.75) is 17.6 Å². The van der Waals surface area contributed by atoms with Gasteiger partial charge >= 0.3 is 0 Å². The minimum absolute atomic E-state index is 0.0209. The largest absolute Gasteiger partial charge is 0.306 e. The minimum Gasteiger partial charge on any atom is -0.306 e. The predicted octanol–water partition coefficient (Wildman–Crippen LogP) is 1.76. The van der Waals surface area contributed by atoms with E-state index in [1.165, 1.54) is 5.56 Å². The normalized spacial score (nSPS) is 29.8. The molecule has 1 unspecified atom stereocenters. The van der Waals surface area contributed by atoms with Crippen LogP contribution in [0.4, 0.5) is 0 Å². The molecule has 1 aliphatic rings. The third kappa shape index (κ3) is 1.42. The van der Waals surface area contributed by atoms with Gasteiger partial charge in [0.25, 0.3) is 0 Å². The maximum absolute atomic E-state index is 10.7. The van der Waals surface area contributed by atoms with Crippen LogP contribution in [0.25, 0.3) is 0 Å². The highest BCUT2D eigenvalue weighted by Gasteiger charge is 2.42. The Morgan fingerprint density at radius 2 is 2.00 bits per heavy atom. The van der Waals surface area contributed by atoms with Crippen LogP contribution in [0.2, 0.25) is 0 Å². The molecule has 0 spiro atoms. The van der Waals surface area contributed by atoms with E-state index in [9.17, 15) is 4.21 Å². The molecule has 3 atom stereocenters. The van der Waals surface area contributed by atoms with Gasteiger partial charge in [0.2, 0.25) is 0 Å². The molecule has 1 aromatic rings. The first kappa shape index (κ1) is 7.95. The second-order valence-electron chi connectivity index (χ2n) is 3.07. The molecule has 2 nitrogen and oxygen atoms in total.